The predicted octanol–water partition coefficient (Wildman–Crippen LogP) is 2.25. The second kappa shape index (κ2) is 3.98. The lowest BCUT2D eigenvalue weighted by Crippen LogP contribution is -2.31. The minimum absolute atomic E-state index is 0.402. The molecule has 16 heavy (non-hydrogen) atoms. The Bertz CT molecular complexity index is 376. The van der Waals surface area contributed by atoms with Crippen LogP contribution in [0.15, 0.2) is 24.3 Å². The fourth-order valence-corrected chi connectivity index (χ4v) is 2.48. The molecule has 1 saturated heterocycles. The van der Waals surface area contributed by atoms with Crippen molar-refractivity contribution in [2.75, 3.05) is 17.7 Å². The van der Waals surface area contributed by atoms with Crippen LogP contribution in [0.5, 0.6) is 0 Å². The van der Waals surface area contributed by atoms with Crippen LogP contribution in [0, 0.1) is 5.92 Å². The van der Waals surface area contributed by atoms with Crippen LogP contribution < -0.4 is 11.1 Å². The molecule has 3 N–H and O–H groups in total. The molecule has 86 valence electrons. The molecule has 0 aromatic heterocycles. The van der Waals surface area contributed by atoms with E-state index in [9.17, 15) is 0 Å². The normalized spacial score (nSPS) is 29.2. The van der Waals surface area contributed by atoms with Crippen LogP contribution in [0.1, 0.15) is 19.3 Å². The van der Waals surface area contributed by atoms with E-state index in [-0.39, 0.29) is 0 Å². The van der Waals surface area contributed by atoms with E-state index >= 15 is 0 Å². The zero-order chi connectivity index (χ0) is 11.0. The highest BCUT2D eigenvalue weighted by atomic mass is 16.5. The highest BCUT2D eigenvalue weighted by Crippen LogP contribution is 2.39. The first-order valence-electron chi connectivity index (χ1n) is 6.07. The van der Waals surface area contributed by atoms with Gasteiger partial charge in [-0.15, -0.1) is 0 Å². The van der Waals surface area contributed by atoms with Gasteiger partial charge in [0.15, 0.2) is 0 Å². The molecule has 2 aliphatic rings. The largest absolute Gasteiger partial charge is 0.397 e. The summed E-state index contributed by atoms with van der Waals surface area (Å²) in [7, 11) is 0. The number of nitrogen functional groups attached to an aromatic ring is 1. The van der Waals surface area contributed by atoms with Crippen molar-refractivity contribution in [1.29, 1.82) is 0 Å². The summed E-state index contributed by atoms with van der Waals surface area (Å²) in [6.45, 7) is 0.881. The molecule has 1 aliphatic heterocycles. The minimum atomic E-state index is 0.402. The fraction of sp³-hybridized carbons (Fsp3) is 0.538. The smallest absolute Gasteiger partial charge is 0.0804 e. The monoisotopic (exact) mass is 218 g/mol. The van der Waals surface area contributed by atoms with Gasteiger partial charge < -0.3 is 15.8 Å². The highest BCUT2D eigenvalue weighted by molar-refractivity contribution is 5.66. The van der Waals surface area contributed by atoms with E-state index in [1.54, 1.807) is 0 Å². The van der Waals surface area contributed by atoms with Crippen molar-refractivity contribution in [2.45, 2.75) is 31.4 Å². The predicted molar refractivity (Wildman–Crippen MR) is 65.3 cm³/mol. The van der Waals surface area contributed by atoms with E-state index < -0.39 is 0 Å². The first-order valence-corrected chi connectivity index (χ1v) is 6.07. The van der Waals surface area contributed by atoms with E-state index in [0.29, 0.717) is 12.1 Å². The van der Waals surface area contributed by atoms with Gasteiger partial charge in [-0.2, -0.15) is 0 Å². The lowest BCUT2D eigenvalue weighted by atomic mass is 10.1. The summed E-state index contributed by atoms with van der Waals surface area (Å²) in [5.74, 6) is 0.782. The van der Waals surface area contributed by atoms with Crippen molar-refractivity contribution >= 4 is 11.4 Å². The zero-order valence-electron chi connectivity index (χ0n) is 9.36. The Morgan fingerprint density at radius 2 is 2.00 bits per heavy atom. The second-order valence-corrected chi connectivity index (χ2v) is 4.80. The average molecular weight is 218 g/mol. The van der Waals surface area contributed by atoms with Crippen LogP contribution in [0.3, 0.4) is 0 Å². The molecular formula is C13H18N2O. The quantitative estimate of drug-likeness (QED) is 0.765. The Morgan fingerprint density at radius 3 is 2.75 bits per heavy atom. The van der Waals surface area contributed by atoms with Crippen LogP contribution in [-0.2, 0) is 4.74 Å². The van der Waals surface area contributed by atoms with Gasteiger partial charge in [0.1, 0.15) is 0 Å². The number of benzene rings is 1. The maximum Gasteiger partial charge on any atom is 0.0804 e. The standard InChI is InChI=1S/C13H18N2O/c14-10-3-1-2-4-11(10)15-12-7-8-16-13(12)9-5-6-9/h1-4,9,12-13,15H,5-8,14H2. The molecule has 2 atom stereocenters. The molecule has 3 rings (SSSR count). The van der Waals surface area contributed by atoms with Crippen LogP contribution in [-0.4, -0.2) is 18.8 Å². The number of hydrogen-bond acceptors (Lipinski definition) is 3. The summed E-state index contributed by atoms with van der Waals surface area (Å²) < 4.78 is 5.80. The maximum absolute atomic E-state index is 5.93. The van der Waals surface area contributed by atoms with E-state index in [4.69, 9.17) is 10.5 Å². The number of para-hydroxylation sites is 2. The van der Waals surface area contributed by atoms with Crippen LogP contribution >= 0.6 is 0 Å². The number of ether oxygens (including phenoxy) is 1. The Balaban J connectivity index is 1.71. The molecule has 0 spiro atoms. The highest BCUT2D eigenvalue weighted by Gasteiger charge is 2.40. The van der Waals surface area contributed by atoms with Crippen LogP contribution in [0.2, 0.25) is 0 Å². The Labute approximate surface area is 96.0 Å². The lowest BCUT2D eigenvalue weighted by molar-refractivity contribution is 0.0898. The molecule has 1 aliphatic carbocycles. The molecule has 0 amide bonds. The molecule has 3 nitrogen and oxygen atoms in total. The van der Waals surface area contributed by atoms with Gasteiger partial charge in [0, 0.05) is 6.61 Å². The molecule has 2 fully saturated rings. The molecule has 1 aromatic rings. The van der Waals surface area contributed by atoms with Gasteiger partial charge in [-0.05, 0) is 37.3 Å². The van der Waals surface area contributed by atoms with Crippen molar-refractivity contribution in [3.05, 3.63) is 24.3 Å². The van der Waals surface area contributed by atoms with E-state index in [0.717, 1.165) is 30.3 Å². The Morgan fingerprint density at radius 1 is 1.19 bits per heavy atom. The van der Waals surface area contributed by atoms with Gasteiger partial charge in [0.25, 0.3) is 0 Å². The summed E-state index contributed by atoms with van der Waals surface area (Å²) in [6, 6.07) is 8.39. The van der Waals surface area contributed by atoms with Crippen molar-refractivity contribution in [1.82, 2.24) is 0 Å². The number of hydrogen-bond donors (Lipinski definition) is 2. The molecule has 1 aromatic carbocycles. The molecule has 0 radical (unpaired) electrons. The molecule has 0 bridgehead atoms. The zero-order valence-corrected chi connectivity index (χ0v) is 9.36. The molecule has 1 saturated carbocycles. The van der Waals surface area contributed by atoms with Gasteiger partial charge in [-0.1, -0.05) is 12.1 Å². The van der Waals surface area contributed by atoms with Crippen molar-refractivity contribution in [3.63, 3.8) is 0 Å². The summed E-state index contributed by atoms with van der Waals surface area (Å²) in [6.07, 6.45) is 4.15. The molecular weight excluding hydrogens is 200 g/mol. The average Bonchev–Trinajstić information content (AvgIpc) is 3.03. The molecule has 1 heterocycles. The maximum atomic E-state index is 5.93. The van der Waals surface area contributed by atoms with E-state index in [2.05, 4.69) is 5.32 Å². The van der Waals surface area contributed by atoms with Gasteiger partial charge >= 0.3 is 0 Å². The number of rotatable bonds is 3. The van der Waals surface area contributed by atoms with Crippen LogP contribution in [0.25, 0.3) is 0 Å². The van der Waals surface area contributed by atoms with Crippen molar-refractivity contribution in [3.8, 4) is 0 Å². The minimum Gasteiger partial charge on any atom is -0.397 e. The summed E-state index contributed by atoms with van der Waals surface area (Å²) in [5, 5.41) is 3.53. The lowest BCUT2D eigenvalue weighted by Gasteiger charge is -2.21. The number of nitrogens with one attached hydrogen (secondary N) is 1. The van der Waals surface area contributed by atoms with Gasteiger partial charge in [-0.25, -0.2) is 0 Å². The summed E-state index contributed by atoms with van der Waals surface area (Å²) in [4.78, 5) is 0. The van der Waals surface area contributed by atoms with Crippen molar-refractivity contribution in [2.24, 2.45) is 5.92 Å². The third kappa shape index (κ3) is 1.87. The fourth-order valence-electron chi connectivity index (χ4n) is 2.48. The first kappa shape index (κ1) is 9.97. The van der Waals surface area contributed by atoms with Crippen molar-refractivity contribution < 1.29 is 4.74 Å². The summed E-state index contributed by atoms with van der Waals surface area (Å²) in [5.41, 5.74) is 7.80. The SMILES string of the molecule is Nc1ccccc1NC1CCOC1C1CC1. The summed E-state index contributed by atoms with van der Waals surface area (Å²) >= 11 is 0. The molecule has 2 unspecified atom stereocenters. The number of anilines is 2. The number of nitrogens with two attached hydrogens (primary N) is 1. The van der Waals surface area contributed by atoms with Crippen LogP contribution in [0.4, 0.5) is 11.4 Å². The second-order valence-electron chi connectivity index (χ2n) is 4.80. The third-order valence-corrected chi connectivity index (χ3v) is 3.52. The third-order valence-electron chi connectivity index (χ3n) is 3.52. The van der Waals surface area contributed by atoms with Gasteiger partial charge in [0.2, 0.25) is 0 Å². The Hall–Kier alpha value is -1.22. The first-order chi connectivity index (χ1) is 7.84. The van der Waals surface area contributed by atoms with Gasteiger partial charge in [0.05, 0.1) is 23.5 Å². The van der Waals surface area contributed by atoms with E-state index in [1.807, 2.05) is 24.3 Å². The van der Waals surface area contributed by atoms with Gasteiger partial charge in [-0.3, -0.25) is 0 Å². The topological polar surface area (TPSA) is 47.3 Å². The van der Waals surface area contributed by atoms with E-state index in [1.165, 1.54) is 12.8 Å². The Kier molecular flexibility index (Phi) is 2.48. The molecule has 3 heteroatoms.